The molecule has 0 aliphatic rings. The highest BCUT2D eigenvalue weighted by Crippen LogP contribution is 2.44. The molecule has 378 valence electrons. The molecule has 8 nitrogen and oxygen atoms in total. The van der Waals surface area contributed by atoms with Gasteiger partial charge >= 0.3 is 0 Å². The quantitative estimate of drug-likeness (QED) is 0.120. The molecule has 0 unspecified atom stereocenters. The van der Waals surface area contributed by atoms with Gasteiger partial charge in [-0.3, -0.25) is 0 Å². The van der Waals surface area contributed by atoms with Gasteiger partial charge in [0.05, 0.1) is 56.9 Å². The van der Waals surface area contributed by atoms with Crippen LogP contribution in [0.15, 0.2) is 279 Å². The summed E-state index contributed by atoms with van der Waals surface area (Å²) in [5.74, 6) is 0.678. The van der Waals surface area contributed by atoms with Gasteiger partial charge in [0.2, 0.25) is 0 Å². The monoisotopic (exact) mass is 1030 g/mol. The predicted octanol–water partition coefficient (Wildman–Crippen LogP) is 18.5. The molecule has 8 heteroatoms. The van der Waals surface area contributed by atoms with E-state index in [0.717, 1.165) is 112 Å². The molecule has 2 heterocycles. The third-order valence-electron chi connectivity index (χ3n) is 14.7. The summed E-state index contributed by atoms with van der Waals surface area (Å²) in [4.78, 5) is 14.4. The van der Waals surface area contributed by atoms with E-state index < -0.39 is 0 Å². The Labute approximate surface area is 469 Å². The lowest BCUT2D eigenvalue weighted by atomic mass is 9.97. The van der Waals surface area contributed by atoms with E-state index in [-0.39, 0.29) is 0 Å². The minimum atomic E-state index is 0.529. The Hall–Kier alpha value is -11.6. The predicted molar refractivity (Wildman–Crippen MR) is 327 cm³/mol. The van der Waals surface area contributed by atoms with Crippen molar-refractivity contribution >= 4 is 55.9 Å². The molecule has 0 N–H and O–H groups in total. The van der Waals surface area contributed by atoms with Crippen LogP contribution < -0.4 is 9.80 Å². The van der Waals surface area contributed by atoms with Crippen LogP contribution in [0.5, 0.6) is 0 Å². The van der Waals surface area contributed by atoms with Crippen LogP contribution in [-0.2, 0) is 0 Å². The molecular formula is C73H46N8. The molecule has 0 aliphatic carbocycles. The van der Waals surface area contributed by atoms with Crippen LogP contribution in [0.4, 0.5) is 34.1 Å². The highest BCUT2D eigenvalue weighted by molar-refractivity contribution is 6.12. The zero-order valence-electron chi connectivity index (χ0n) is 43.6. The molecular weight excluding hydrogens is 989 g/mol. The normalized spacial score (nSPS) is 10.9. The first-order valence-electron chi connectivity index (χ1n) is 26.5. The average Bonchev–Trinajstić information content (AvgIpc) is 4.12. The van der Waals surface area contributed by atoms with Crippen molar-refractivity contribution in [3.8, 4) is 80.1 Å². The fourth-order valence-electron chi connectivity index (χ4n) is 10.7. The van der Waals surface area contributed by atoms with Crippen molar-refractivity contribution in [3.05, 3.63) is 296 Å². The Balaban J connectivity index is 0.881. The molecule has 0 saturated heterocycles. The van der Waals surface area contributed by atoms with E-state index in [0.29, 0.717) is 22.5 Å². The zero-order valence-corrected chi connectivity index (χ0v) is 43.6. The summed E-state index contributed by atoms with van der Waals surface area (Å²) in [5, 5.41) is 32.4. The number of nitriles is 3. The van der Waals surface area contributed by atoms with E-state index in [4.69, 9.17) is 9.97 Å². The fourth-order valence-corrected chi connectivity index (χ4v) is 10.7. The number of nitrogens with zero attached hydrogens (tertiary/aromatic N) is 8. The number of rotatable bonds is 12. The number of hydrogen-bond donors (Lipinski definition) is 0. The summed E-state index contributed by atoms with van der Waals surface area (Å²) in [6, 6.07) is 101. The second kappa shape index (κ2) is 21.4. The molecule has 81 heavy (non-hydrogen) atoms. The number of benzene rings is 11. The Morgan fingerprint density at radius 1 is 0.296 bits per heavy atom. The topological polar surface area (TPSA) is 109 Å². The van der Waals surface area contributed by atoms with Gasteiger partial charge in [-0.2, -0.15) is 15.8 Å². The molecule has 13 rings (SSSR count). The Kier molecular flexibility index (Phi) is 12.9. The van der Waals surface area contributed by atoms with Crippen LogP contribution >= 0.6 is 0 Å². The van der Waals surface area contributed by atoms with Gasteiger partial charge in [-0.25, -0.2) is 9.97 Å². The number of aromatic nitrogens is 3. The smallest absolute Gasteiger partial charge is 0.160 e. The first-order chi connectivity index (χ1) is 40.0. The SMILES string of the molecule is N#Cc1ccc(N(c2ccccc2)c2ccc3c(c2)c2cc(N(c4ccccc4)c4ccc(C#N)cc4)ccc2n3-c2ccc(-c3ccc(-c4ccc(-c5cc(-c6ccccc6)nc(-c6ccccc6)n5)cc4)cc3)cc2C#N)cc1. The van der Waals surface area contributed by atoms with Gasteiger partial charge in [-0.05, 0) is 150 Å². The van der Waals surface area contributed by atoms with Crippen molar-refractivity contribution in [1.29, 1.82) is 15.8 Å². The van der Waals surface area contributed by atoms with Crippen LogP contribution in [0, 0.1) is 34.0 Å². The Morgan fingerprint density at radius 3 is 1.11 bits per heavy atom. The van der Waals surface area contributed by atoms with Crippen LogP contribution in [0.1, 0.15) is 16.7 Å². The van der Waals surface area contributed by atoms with Gasteiger partial charge in [-0.15, -0.1) is 0 Å². The van der Waals surface area contributed by atoms with Crippen molar-refractivity contribution in [2.75, 3.05) is 9.80 Å². The summed E-state index contributed by atoms with van der Waals surface area (Å²) in [7, 11) is 0. The van der Waals surface area contributed by atoms with Crippen molar-refractivity contribution in [3.63, 3.8) is 0 Å². The molecule has 0 spiro atoms. The highest BCUT2D eigenvalue weighted by Gasteiger charge is 2.22. The second-order valence-corrected chi connectivity index (χ2v) is 19.6. The summed E-state index contributed by atoms with van der Waals surface area (Å²) in [6.07, 6.45) is 0. The Morgan fingerprint density at radius 2 is 0.667 bits per heavy atom. The number of anilines is 6. The summed E-state index contributed by atoms with van der Waals surface area (Å²) >= 11 is 0. The maximum absolute atomic E-state index is 11.1. The van der Waals surface area contributed by atoms with E-state index in [2.05, 4.69) is 172 Å². The minimum absolute atomic E-state index is 0.529. The van der Waals surface area contributed by atoms with E-state index in [1.54, 1.807) is 0 Å². The number of hydrogen-bond acceptors (Lipinski definition) is 7. The number of fused-ring (bicyclic) bond motifs is 3. The number of para-hydroxylation sites is 2. The fraction of sp³-hybridized carbons (Fsp3) is 0. The van der Waals surface area contributed by atoms with Crippen molar-refractivity contribution in [1.82, 2.24) is 14.5 Å². The molecule has 11 aromatic carbocycles. The van der Waals surface area contributed by atoms with Crippen molar-refractivity contribution < 1.29 is 0 Å². The van der Waals surface area contributed by atoms with Crippen LogP contribution in [0.25, 0.3) is 83.6 Å². The molecule has 0 amide bonds. The largest absolute Gasteiger partial charge is 0.310 e. The third-order valence-corrected chi connectivity index (χ3v) is 14.7. The molecule has 0 saturated carbocycles. The van der Waals surface area contributed by atoms with Gasteiger partial charge in [0.1, 0.15) is 6.07 Å². The van der Waals surface area contributed by atoms with Crippen LogP contribution in [-0.4, -0.2) is 14.5 Å². The lowest BCUT2D eigenvalue weighted by Crippen LogP contribution is -2.10. The molecule has 0 fully saturated rings. The average molecular weight is 1040 g/mol. The summed E-state index contributed by atoms with van der Waals surface area (Å²) in [5.41, 5.74) is 18.6. The van der Waals surface area contributed by atoms with E-state index in [1.807, 2.05) is 140 Å². The van der Waals surface area contributed by atoms with Gasteiger partial charge in [0, 0.05) is 61.6 Å². The Bertz CT molecular complexity index is 4340. The van der Waals surface area contributed by atoms with Gasteiger partial charge < -0.3 is 14.4 Å². The maximum Gasteiger partial charge on any atom is 0.160 e. The van der Waals surface area contributed by atoms with Gasteiger partial charge in [-0.1, -0.05) is 152 Å². The molecule has 13 aromatic rings. The molecule has 0 bridgehead atoms. The van der Waals surface area contributed by atoms with Gasteiger partial charge in [0.25, 0.3) is 0 Å². The lowest BCUT2D eigenvalue weighted by Gasteiger charge is -2.26. The minimum Gasteiger partial charge on any atom is -0.310 e. The van der Waals surface area contributed by atoms with E-state index in [9.17, 15) is 15.8 Å². The van der Waals surface area contributed by atoms with Crippen molar-refractivity contribution in [2.45, 2.75) is 0 Å². The third kappa shape index (κ3) is 9.57. The van der Waals surface area contributed by atoms with E-state index in [1.165, 1.54) is 0 Å². The first kappa shape index (κ1) is 49.0. The van der Waals surface area contributed by atoms with Crippen LogP contribution in [0.2, 0.25) is 0 Å². The lowest BCUT2D eigenvalue weighted by molar-refractivity contribution is 1.17. The molecule has 0 aliphatic heterocycles. The molecule has 2 aromatic heterocycles. The molecule has 0 radical (unpaired) electrons. The summed E-state index contributed by atoms with van der Waals surface area (Å²) in [6.45, 7) is 0. The van der Waals surface area contributed by atoms with Crippen molar-refractivity contribution in [2.24, 2.45) is 0 Å². The second-order valence-electron chi connectivity index (χ2n) is 19.6. The van der Waals surface area contributed by atoms with Gasteiger partial charge in [0.15, 0.2) is 5.82 Å². The highest BCUT2D eigenvalue weighted by atomic mass is 15.1. The van der Waals surface area contributed by atoms with Crippen LogP contribution in [0.3, 0.4) is 0 Å². The molecule has 0 atom stereocenters. The summed E-state index contributed by atoms with van der Waals surface area (Å²) < 4.78 is 2.20. The maximum atomic E-state index is 11.1. The zero-order chi connectivity index (χ0) is 54.7. The van der Waals surface area contributed by atoms with E-state index >= 15 is 0 Å². The standard InChI is InChI=1S/C73H46N8/c74-47-50-21-34-62(35-22-50)79(60-17-9-3-10-18-60)64-38-41-71-66(44-64)67-45-65(80(61-19-11-4-12-20-61)63-36-23-51(48-75)24-37-63)39-42-72(67)81(71)70-40-33-58(43-59(70)49-76)54-27-25-52(26-28-54)53-29-31-56(32-30-53)69-46-68(55-13-5-1-6-14-55)77-73(78-69)57-15-7-2-8-16-57/h1-46H. The first-order valence-corrected chi connectivity index (χ1v) is 26.5.